The van der Waals surface area contributed by atoms with Gasteiger partial charge in [0.1, 0.15) is 5.82 Å². The predicted octanol–water partition coefficient (Wildman–Crippen LogP) is 5.34. The Labute approximate surface area is 145 Å². The van der Waals surface area contributed by atoms with E-state index in [1.165, 1.54) is 26.9 Å². The SMILES string of the molecule is c1ccc(-c2cn3c(n2)CCSc2c-3ccc3ccccc23)cc1. The predicted molar refractivity (Wildman–Crippen MR) is 101 cm³/mol. The van der Waals surface area contributed by atoms with Gasteiger partial charge in [-0.3, -0.25) is 0 Å². The third kappa shape index (κ3) is 2.16. The molecule has 1 aromatic heterocycles. The van der Waals surface area contributed by atoms with Gasteiger partial charge in [-0.2, -0.15) is 0 Å². The molecule has 0 amide bonds. The first kappa shape index (κ1) is 13.9. The van der Waals surface area contributed by atoms with Crippen molar-refractivity contribution in [1.29, 1.82) is 0 Å². The summed E-state index contributed by atoms with van der Waals surface area (Å²) in [4.78, 5) is 6.27. The fourth-order valence-corrected chi connectivity index (χ4v) is 4.51. The Bertz CT molecular complexity index is 1030. The van der Waals surface area contributed by atoms with E-state index < -0.39 is 0 Å². The van der Waals surface area contributed by atoms with Crippen LogP contribution in [0.15, 0.2) is 77.8 Å². The lowest BCUT2D eigenvalue weighted by molar-refractivity contribution is 0.899. The monoisotopic (exact) mass is 328 g/mol. The van der Waals surface area contributed by atoms with Crippen molar-refractivity contribution in [3.05, 3.63) is 78.8 Å². The van der Waals surface area contributed by atoms with Gasteiger partial charge in [0.05, 0.1) is 11.4 Å². The van der Waals surface area contributed by atoms with Crippen molar-refractivity contribution in [3.63, 3.8) is 0 Å². The third-order valence-electron chi connectivity index (χ3n) is 4.54. The number of rotatable bonds is 1. The third-order valence-corrected chi connectivity index (χ3v) is 5.66. The number of aromatic nitrogens is 2. The molecule has 5 rings (SSSR count). The molecule has 0 bridgehead atoms. The van der Waals surface area contributed by atoms with Crippen molar-refractivity contribution < 1.29 is 0 Å². The maximum atomic E-state index is 4.91. The van der Waals surface area contributed by atoms with Gasteiger partial charge < -0.3 is 4.57 Å². The molecule has 0 saturated carbocycles. The van der Waals surface area contributed by atoms with Crippen molar-refractivity contribution in [1.82, 2.24) is 9.55 Å². The zero-order valence-electron chi connectivity index (χ0n) is 13.1. The molecule has 0 N–H and O–H groups in total. The van der Waals surface area contributed by atoms with Crippen molar-refractivity contribution in [2.24, 2.45) is 0 Å². The summed E-state index contributed by atoms with van der Waals surface area (Å²) in [6, 6.07) is 23.5. The van der Waals surface area contributed by atoms with E-state index in [1.54, 1.807) is 0 Å². The summed E-state index contributed by atoms with van der Waals surface area (Å²) in [6.45, 7) is 0. The van der Waals surface area contributed by atoms with Crippen LogP contribution in [0.5, 0.6) is 0 Å². The fourth-order valence-electron chi connectivity index (χ4n) is 3.37. The van der Waals surface area contributed by atoms with Gasteiger partial charge in [0.25, 0.3) is 0 Å². The lowest BCUT2D eigenvalue weighted by atomic mass is 10.1. The highest BCUT2D eigenvalue weighted by Crippen LogP contribution is 2.37. The second-order valence-corrected chi connectivity index (χ2v) is 7.12. The molecule has 1 aliphatic rings. The van der Waals surface area contributed by atoms with E-state index >= 15 is 0 Å². The summed E-state index contributed by atoms with van der Waals surface area (Å²) >= 11 is 1.94. The normalized spacial score (nSPS) is 13.3. The number of nitrogens with zero attached hydrogens (tertiary/aromatic N) is 2. The first-order valence-corrected chi connectivity index (χ1v) is 9.17. The van der Waals surface area contributed by atoms with Gasteiger partial charge in [0, 0.05) is 28.8 Å². The Kier molecular flexibility index (Phi) is 3.20. The zero-order chi connectivity index (χ0) is 15.9. The van der Waals surface area contributed by atoms with E-state index in [-0.39, 0.29) is 0 Å². The van der Waals surface area contributed by atoms with Crippen LogP contribution in [0, 0.1) is 0 Å². The van der Waals surface area contributed by atoms with Crippen LogP contribution in [0.25, 0.3) is 27.7 Å². The Balaban J connectivity index is 1.74. The molecule has 3 heteroatoms. The molecule has 3 aromatic carbocycles. The first-order valence-electron chi connectivity index (χ1n) is 8.19. The second-order valence-electron chi connectivity index (χ2n) is 6.01. The van der Waals surface area contributed by atoms with E-state index in [0.717, 1.165) is 23.7 Å². The summed E-state index contributed by atoms with van der Waals surface area (Å²) in [5.41, 5.74) is 3.48. The van der Waals surface area contributed by atoms with Crippen LogP contribution < -0.4 is 0 Å². The summed E-state index contributed by atoms with van der Waals surface area (Å²) in [5.74, 6) is 2.21. The number of imidazole rings is 1. The fraction of sp³-hybridized carbons (Fsp3) is 0.0952. The summed E-state index contributed by atoms with van der Waals surface area (Å²) in [6.07, 6.45) is 3.17. The number of aryl methyl sites for hydroxylation is 1. The molecule has 116 valence electrons. The van der Waals surface area contributed by atoms with Crippen molar-refractivity contribution in [3.8, 4) is 16.9 Å². The van der Waals surface area contributed by atoms with Gasteiger partial charge in [-0.05, 0) is 16.8 Å². The molecule has 0 aliphatic carbocycles. The molecular weight excluding hydrogens is 312 g/mol. The second kappa shape index (κ2) is 5.53. The number of benzene rings is 3. The lowest BCUT2D eigenvalue weighted by Gasteiger charge is -2.11. The number of thioether (sulfide) groups is 1. The van der Waals surface area contributed by atoms with Crippen molar-refractivity contribution in [2.45, 2.75) is 11.3 Å². The molecule has 0 unspecified atom stereocenters. The van der Waals surface area contributed by atoms with Gasteiger partial charge >= 0.3 is 0 Å². The van der Waals surface area contributed by atoms with Gasteiger partial charge in [0.15, 0.2) is 0 Å². The maximum absolute atomic E-state index is 4.91. The minimum absolute atomic E-state index is 0.987. The molecule has 2 nitrogen and oxygen atoms in total. The molecule has 2 heterocycles. The van der Waals surface area contributed by atoms with Crippen LogP contribution in [0.2, 0.25) is 0 Å². The highest BCUT2D eigenvalue weighted by molar-refractivity contribution is 7.99. The topological polar surface area (TPSA) is 17.8 Å². The van der Waals surface area contributed by atoms with Crippen molar-refractivity contribution >= 4 is 22.5 Å². The van der Waals surface area contributed by atoms with Crippen LogP contribution in [-0.4, -0.2) is 15.3 Å². The van der Waals surface area contributed by atoms with E-state index in [4.69, 9.17) is 4.98 Å². The largest absolute Gasteiger partial charge is 0.302 e. The molecule has 0 atom stereocenters. The summed E-state index contributed by atoms with van der Waals surface area (Å²) in [5, 5.41) is 2.64. The number of hydrogen-bond donors (Lipinski definition) is 0. The van der Waals surface area contributed by atoms with Crippen LogP contribution in [0.1, 0.15) is 5.82 Å². The maximum Gasteiger partial charge on any atom is 0.114 e. The van der Waals surface area contributed by atoms with Crippen LogP contribution in [0.3, 0.4) is 0 Å². The average molecular weight is 328 g/mol. The van der Waals surface area contributed by atoms with Crippen LogP contribution in [-0.2, 0) is 6.42 Å². The van der Waals surface area contributed by atoms with Crippen molar-refractivity contribution in [2.75, 3.05) is 5.75 Å². The molecular formula is C21H16N2S. The summed E-state index contributed by atoms with van der Waals surface area (Å²) < 4.78 is 2.28. The Morgan fingerprint density at radius 3 is 2.62 bits per heavy atom. The molecule has 0 spiro atoms. The number of hydrogen-bond acceptors (Lipinski definition) is 2. The standard InChI is InChI=1S/C21H16N2S/c1-2-7-16(8-3-1)18-14-23-19-11-10-15-6-4-5-9-17(15)21(19)24-13-12-20(23)22-18/h1-11,14H,12-13H2. The molecule has 0 fully saturated rings. The first-order chi connectivity index (χ1) is 11.9. The van der Waals surface area contributed by atoms with Gasteiger partial charge in [0.2, 0.25) is 0 Å². The van der Waals surface area contributed by atoms with Crippen LogP contribution in [0.4, 0.5) is 0 Å². The molecule has 24 heavy (non-hydrogen) atoms. The summed E-state index contributed by atoms with van der Waals surface area (Å²) in [7, 11) is 0. The molecule has 4 aromatic rings. The molecule has 1 aliphatic heterocycles. The lowest BCUT2D eigenvalue weighted by Crippen LogP contribution is -1.99. The number of fused-ring (bicyclic) bond motifs is 5. The van der Waals surface area contributed by atoms with E-state index in [1.807, 2.05) is 17.8 Å². The average Bonchev–Trinajstić information content (AvgIpc) is 2.99. The minimum Gasteiger partial charge on any atom is -0.302 e. The van der Waals surface area contributed by atoms with Gasteiger partial charge in [-0.15, -0.1) is 11.8 Å². The van der Waals surface area contributed by atoms with Gasteiger partial charge in [-0.1, -0.05) is 60.7 Å². The van der Waals surface area contributed by atoms with E-state index in [2.05, 4.69) is 71.4 Å². The molecule has 0 radical (unpaired) electrons. The van der Waals surface area contributed by atoms with E-state index in [0.29, 0.717) is 0 Å². The Morgan fingerprint density at radius 2 is 1.71 bits per heavy atom. The Hall–Kier alpha value is -2.52. The minimum atomic E-state index is 0.987. The quantitative estimate of drug-likeness (QED) is 0.469. The van der Waals surface area contributed by atoms with E-state index in [9.17, 15) is 0 Å². The highest BCUT2D eigenvalue weighted by atomic mass is 32.2. The van der Waals surface area contributed by atoms with Crippen LogP contribution >= 0.6 is 11.8 Å². The molecule has 0 saturated heterocycles. The highest BCUT2D eigenvalue weighted by Gasteiger charge is 2.19. The van der Waals surface area contributed by atoms with Gasteiger partial charge in [-0.25, -0.2) is 4.98 Å². The zero-order valence-corrected chi connectivity index (χ0v) is 14.0. The smallest absolute Gasteiger partial charge is 0.114 e. The Morgan fingerprint density at radius 1 is 0.875 bits per heavy atom.